The molecule has 0 aliphatic carbocycles. The molecule has 0 saturated heterocycles. The number of aryl methyl sites for hydroxylation is 1. The van der Waals surface area contributed by atoms with Gasteiger partial charge in [-0.05, 0) is 43.3 Å². The van der Waals surface area contributed by atoms with Crippen molar-refractivity contribution >= 4 is 11.6 Å². The fourth-order valence-corrected chi connectivity index (χ4v) is 4.27. The number of alkyl halides is 6. The van der Waals surface area contributed by atoms with Gasteiger partial charge in [0.25, 0.3) is 5.91 Å². The standard InChI is InChI=1S/C29H17F7N6O/c1-3-18-22(40-27(43)19-10-17(42-13-15(2)39-14-42)5-6-20(19)28(31,32)33)9-7-21(30)25(18)16-4-8-23(37-11-16)26-38-12-24(41-26)29(34,35)36/h1,4-14H,2H3,(H,38,41)(H,40,43). The molecule has 5 rings (SSSR count). The van der Waals surface area contributed by atoms with Gasteiger partial charge in [0.05, 0.1) is 40.6 Å². The van der Waals surface area contributed by atoms with Crippen LogP contribution in [-0.2, 0) is 12.4 Å². The predicted molar refractivity (Wildman–Crippen MR) is 141 cm³/mol. The van der Waals surface area contributed by atoms with Crippen molar-refractivity contribution < 1.29 is 35.5 Å². The number of H-pyrrole nitrogens is 1. The van der Waals surface area contributed by atoms with Gasteiger partial charge in [-0.3, -0.25) is 9.78 Å². The molecule has 0 fully saturated rings. The Hall–Kier alpha value is -5.45. The molecule has 14 heteroatoms. The van der Waals surface area contributed by atoms with E-state index in [-0.39, 0.29) is 39.6 Å². The first-order valence-corrected chi connectivity index (χ1v) is 12.2. The van der Waals surface area contributed by atoms with Crippen molar-refractivity contribution in [2.24, 2.45) is 0 Å². The molecule has 43 heavy (non-hydrogen) atoms. The normalized spacial score (nSPS) is 11.8. The molecule has 3 aromatic heterocycles. The monoisotopic (exact) mass is 598 g/mol. The zero-order valence-corrected chi connectivity index (χ0v) is 21.8. The summed E-state index contributed by atoms with van der Waals surface area (Å²) in [7, 11) is 0. The Kier molecular flexibility index (Phi) is 7.26. The largest absolute Gasteiger partial charge is 0.432 e. The van der Waals surface area contributed by atoms with Crippen molar-refractivity contribution in [1.29, 1.82) is 0 Å². The first-order chi connectivity index (χ1) is 20.3. The maximum absolute atomic E-state index is 15.0. The van der Waals surface area contributed by atoms with E-state index < -0.39 is 40.9 Å². The number of benzene rings is 2. The van der Waals surface area contributed by atoms with Crippen LogP contribution in [0.2, 0.25) is 0 Å². The molecular formula is C29H17F7N6O. The minimum Gasteiger partial charge on any atom is -0.333 e. The summed E-state index contributed by atoms with van der Waals surface area (Å²) in [5, 5.41) is 2.35. The van der Waals surface area contributed by atoms with E-state index in [9.17, 15) is 31.1 Å². The summed E-state index contributed by atoms with van der Waals surface area (Å²) in [6.45, 7) is 1.69. The molecule has 218 valence electrons. The number of carbonyl (C=O) groups excluding carboxylic acids is 1. The molecule has 2 aromatic carbocycles. The van der Waals surface area contributed by atoms with Gasteiger partial charge in [-0.1, -0.05) is 12.0 Å². The maximum Gasteiger partial charge on any atom is 0.432 e. The molecule has 0 aliphatic heterocycles. The molecule has 0 spiro atoms. The Balaban J connectivity index is 1.50. The quantitative estimate of drug-likeness (QED) is 0.168. The number of rotatable bonds is 5. The Morgan fingerprint density at radius 1 is 0.977 bits per heavy atom. The molecule has 0 bridgehead atoms. The lowest BCUT2D eigenvalue weighted by Gasteiger charge is -2.17. The number of terminal acetylenes is 1. The van der Waals surface area contributed by atoms with Crippen LogP contribution in [0.3, 0.4) is 0 Å². The van der Waals surface area contributed by atoms with Crippen LogP contribution in [0.25, 0.3) is 28.3 Å². The van der Waals surface area contributed by atoms with Crippen LogP contribution in [0.15, 0.2) is 67.4 Å². The molecule has 2 N–H and O–H groups in total. The van der Waals surface area contributed by atoms with Crippen LogP contribution >= 0.6 is 0 Å². The highest BCUT2D eigenvalue weighted by Crippen LogP contribution is 2.36. The van der Waals surface area contributed by atoms with Crippen LogP contribution in [0.4, 0.5) is 36.4 Å². The molecule has 7 nitrogen and oxygen atoms in total. The van der Waals surface area contributed by atoms with Gasteiger partial charge in [0.15, 0.2) is 5.82 Å². The summed E-state index contributed by atoms with van der Waals surface area (Å²) in [4.78, 5) is 27.1. The number of pyridine rings is 1. The van der Waals surface area contributed by atoms with Gasteiger partial charge in [-0.2, -0.15) is 26.3 Å². The first-order valence-electron chi connectivity index (χ1n) is 12.2. The summed E-state index contributed by atoms with van der Waals surface area (Å²) < 4.78 is 96.7. The third-order valence-electron chi connectivity index (χ3n) is 6.29. The Morgan fingerprint density at radius 2 is 1.74 bits per heavy atom. The third kappa shape index (κ3) is 5.82. The number of hydrogen-bond acceptors (Lipinski definition) is 4. The fraction of sp³-hybridized carbons (Fsp3) is 0.103. The van der Waals surface area contributed by atoms with Crippen molar-refractivity contribution in [3.8, 4) is 40.7 Å². The van der Waals surface area contributed by atoms with Crippen molar-refractivity contribution in [2.45, 2.75) is 19.3 Å². The zero-order chi connectivity index (χ0) is 31.1. The SMILES string of the molecule is C#Cc1c(NC(=O)c2cc(-n3cnc(C)c3)ccc2C(F)(F)F)ccc(F)c1-c1ccc(-c2ncc(C(F)(F)F)[nH]2)nc1. The van der Waals surface area contributed by atoms with E-state index in [1.54, 1.807) is 13.1 Å². The van der Waals surface area contributed by atoms with Gasteiger partial charge in [0.1, 0.15) is 17.2 Å². The topological polar surface area (TPSA) is 88.5 Å². The number of nitrogens with one attached hydrogen (secondary N) is 2. The van der Waals surface area contributed by atoms with E-state index in [0.29, 0.717) is 11.9 Å². The van der Waals surface area contributed by atoms with E-state index in [4.69, 9.17) is 6.42 Å². The van der Waals surface area contributed by atoms with Crippen LogP contribution in [-0.4, -0.2) is 30.4 Å². The molecular weight excluding hydrogens is 581 g/mol. The van der Waals surface area contributed by atoms with Crippen LogP contribution in [0.5, 0.6) is 0 Å². The lowest BCUT2D eigenvalue weighted by atomic mass is 9.98. The molecule has 1 amide bonds. The average Bonchev–Trinajstić information content (AvgIpc) is 3.63. The number of carbonyl (C=O) groups is 1. The van der Waals surface area contributed by atoms with Crippen molar-refractivity contribution in [3.05, 3.63) is 101 Å². The van der Waals surface area contributed by atoms with E-state index in [1.807, 2.05) is 0 Å². The van der Waals surface area contributed by atoms with Gasteiger partial charge in [0, 0.05) is 29.2 Å². The number of nitrogens with zero attached hydrogens (tertiary/aromatic N) is 4. The Morgan fingerprint density at radius 3 is 2.33 bits per heavy atom. The summed E-state index contributed by atoms with van der Waals surface area (Å²) in [5.41, 5.74) is -2.65. The average molecular weight is 598 g/mol. The number of amides is 1. The third-order valence-corrected chi connectivity index (χ3v) is 6.29. The zero-order valence-electron chi connectivity index (χ0n) is 21.8. The molecule has 5 aromatic rings. The highest BCUT2D eigenvalue weighted by atomic mass is 19.4. The molecule has 0 saturated carbocycles. The highest BCUT2D eigenvalue weighted by Gasteiger charge is 2.36. The van der Waals surface area contributed by atoms with Crippen LogP contribution in [0, 0.1) is 25.1 Å². The lowest BCUT2D eigenvalue weighted by Crippen LogP contribution is -2.20. The number of hydrogen-bond donors (Lipinski definition) is 2. The first kappa shape index (κ1) is 29.1. The van der Waals surface area contributed by atoms with E-state index >= 15 is 4.39 Å². The second-order valence-electron chi connectivity index (χ2n) is 9.17. The molecule has 0 radical (unpaired) electrons. The Labute approximate surface area is 238 Å². The molecule has 3 heterocycles. The van der Waals surface area contributed by atoms with Gasteiger partial charge in [-0.15, -0.1) is 6.42 Å². The number of anilines is 1. The second-order valence-corrected chi connectivity index (χ2v) is 9.17. The molecule has 0 unspecified atom stereocenters. The van der Waals surface area contributed by atoms with Gasteiger partial charge in [0.2, 0.25) is 0 Å². The maximum atomic E-state index is 15.0. The van der Waals surface area contributed by atoms with Crippen LogP contribution < -0.4 is 5.32 Å². The number of imidazole rings is 2. The number of aromatic nitrogens is 5. The van der Waals surface area contributed by atoms with Gasteiger partial charge in [-0.25, -0.2) is 14.4 Å². The fourth-order valence-electron chi connectivity index (χ4n) is 4.27. The number of aromatic amines is 1. The van der Waals surface area contributed by atoms with Crippen molar-refractivity contribution in [2.75, 3.05) is 5.32 Å². The lowest BCUT2D eigenvalue weighted by molar-refractivity contribution is -0.141. The minimum absolute atomic E-state index is 0.0130. The molecule has 0 aliphatic rings. The van der Waals surface area contributed by atoms with Gasteiger partial charge < -0.3 is 14.9 Å². The van der Waals surface area contributed by atoms with Crippen molar-refractivity contribution in [3.63, 3.8) is 0 Å². The molecule has 0 atom stereocenters. The van der Waals surface area contributed by atoms with E-state index in [1.165, 1.54) is 29.1 Å². The summed E-state index contributed by atoms with van der Waals surface area (Å²) in [5.74, 6) is 0.0603. The summed E-state index contributed by atoms with van der Waals surface area (Å²) in [6, 6.07) is 7.65. The van der Waals surface area contributed by atoms with E-state index in [2.05, 4.69) is 31.2 Å². The van der Waals surface area contributed by atoms with Crippen LogP contribution in [0.1, 0.15) is 32.9 Å². The number of halogens is 7. The smallest absolute Gasteiger partial charge is 0.333 e. The predicted octanol–water partition coefficient (Wildman–Crippen LogP) is 7.04. The highest BCUT2D eigenvalue weighted by molar-refractivity contribution is 6.07. The minimum atomic E-state index is -4.87. The summed E-state index contributed by atoms with van der Waals surface area (Å²) in [6.07, 6.45) is 0.788. The Bertz CT molecular complexity index is 1880. The van der Waals surface area contributed by atoms with Crippen molar-refractivity contribution in [1.82, 2.24) is 24.5 Å². The summed E-state index contributed by atoms with van der Waals surface area (Å²) >= 11 is 0. The van der Waals surface area contributed by atoms with Gasteiger partial charge >= 0.3 is 12.4 Å². The van der Waals surface area contributed by atoms with E-state index in [0.717, 1.165) is 30.5 Å². The second kappa shape index (κ2) is 10.8.